The third-order valence-corrected chi connectivity index (χ3v) is 6.23. The minimum Gasteiger partial charge on any atom is -0.464 e. The van der Waals surface area contributed by atoms with E-state index in [1.165, 1.54) is 0 Å². The number of nitrogens with one attached hydrogen (secondary N) is 2. The van der Waals surface area contributed by atoms with Crippen LogP contribution >= 0.6 is 23.2 Å². The van der Waals surface area contributed by atoms with Gasteiger partial charge in [-0.05, 0) is 48.4 Å². The van der Waals surface area contributed by atoms with Crippen LogP contribution in [0.15, 0.2) is 77.6 Å². The highest BCUT2D eigenvalue weighted by Gasteiger charge is 2.29. The fourth-order valence-corrected chi connectivity index (χ4v) is 4.16. The van der Waals surface area contributed by atoms with E-state index in [9.17, 15) is 19.2 Å². The highest BCUT2D eigenvalue weighted by Crippen LogP contribution is 2.22. The maximum atomic E-state index is 13.2. The van der Waals surface area contributed by atoms with Crippen LogP contribution in [0.2, 0.25) is 10.0 Å². The summed E-state index contributed by atoms with van der Waals surface area (Å²) in [5.41, 5.74) is 3.26. The van der Waals surface area contributed by atoms with Crippen LogP contribution in [0.1, 0.15) is 29.8 Å². The molecular weight excluding hydrogens is 543 g/mol. The van der Waals surface area contributed by atoms with Gasteiger partial charge in [0, 0.05) is 15.4 Å². The molecule has 9 nitrogen and oxygen atoms in total. The molecule has 0 aliphatic rings. The van der Waals surface area contributed by atoms with E-state index in [-0.39, 0.29) is 30.5 Å². The van der Waals surface area contributed by atoms with Crippen molar-refractivity contribution < 1.29 is 19.1 Å². The molecule has 4 aromatic rings. The number of fused-ring (bicyclic) bond motifs is 1. The lowest BCUT2D eigenvalue weighted by Gasteiger charge is -2.20. The van der Waals surface area contributed by atoms with Crippen molar-refractivity contribution in [2.45, 2.75) is 25.8 Å². The lowest BCUT2D eigenvalue weighted by molar-refractivity contribution is -0.147. The molecule has 1 aromatic heterocycles. The van der Waals surface area contributed by atoms with Crippen molar-refractivity contribution in [1.82, 2.24) is 15.2 Å². The number of esters is 1. The van der Waals surface area contributed by atoms with Crippen LogP contribution in [-0.4, -0.2) is 34.3 Å². The Morgan fingerprint density at radius 3 is 1.95 bits per heavy atom. The number of amides is 2. The van der Waals surface area contributed by atoms with Crippen LogP contribution in [0.3, 0.4) is 0 Å². The smallest absolute Gasteiger partial charge is 0.335 e. The van der Waals surface area contributed by atoms with Gasteiger partial charge in [0.15, 0.2) is 6.04 Å². The van der Waals surface area contributed by atoms with Crippen LogP contribution < -0.4 is 16.3 Å². The molecule has 2 amide bonds. The molecule has 0 saturated carbocycles. The van der Waals surface area contributed by atoms with Crippen LogP contribution in [0.4, 0.5) is 0 Å². The topological polar surface area (TPSA) is 119 Å². The third-order valence-electron chi connectivity index (χ3n) is 5.72. The quantitative estimate of drug-likeness (QED) is 0.296. The van der Waals surface area contributed by atoms with Gasteiger partial charge in [-0.1, -0.05) is 65.7 Å². The lowest BCUT2D eigenvalue weighted by atomic mass is 10.1. The molecule has 0 aliphatic carbocycles. The van der Waals surface area contributed by atoms with Gasteiger partial charge in [0.2, 0.25) is 11.8 Å². The van der Waals surface area contributed by atoms with Gasteiger partial charge in [-0.15, -0.1) is 4.79 Å². The Morgan fingerprint density at radius 2 is 1.38 bits per heavy atom. The fourth-order valence-electron chi connectivity index (χ4n) is 3.91. The summed E-state index contributed by atoms with van der Waals surface area (Å²) in [5, 5.41) is 8.53. The number of ether oxygens (including phenoxy) is 1. The normalized spacial score (nSPS) is 11.6. The molecule has 3 aromatic carbocycles. The number of halogens is 2. The van der Waals surface area contributed by atoms with Gasteiger partial charge < -0.3 is 10.1 Å². The Balaban J connectivity index is 1.68. The first-order valence-electron chi connectivity index (χ1n) is 12.0. The number of benzene rings is 3. The van der Waals surface area contributed by atoms with Gasteiger partial charge in [-0.3, -0.25) is 14.4 Å². The molecule has 1 atom stereocenters. The molecule has 1 unspecified atom stereocenters. The maximum absolute atomic E-state index is 13.2. The molecule has 200 valence electrons. The predicted molar refractivity (Wildman–Crippen MR) is 148 cm³/mol. The zero-order valence-electron chi connectivity index (χ0n) is 20.8. The van der Waals surface area contributed by atoms with Gasteiger partial charge in [-0.25, -0.2) is 10.2 Å². The predicted octanol–water partition coefficient (Wildman–Crippen LogP) is 3.98. The van der Waals surface area contributed by atoms with Crippen molar-refractivity contribution in [2.24, 2.45) is 0 Å². The molecule has 11 heteroatoms. The molecule has 39 heavy (non-hydrogen) atoms. The van der Waals surface area contributed by atoms with E-state index < -0.39 is 29.4 Å². The number of rotatable bonds is 9. The van der Waals surface area contributed by atoms with Crippen LogP contribution in [0.25, 0.3) is 10.8 Å². The summed E-state index contributed by atoms with van der Waals surface area (Å²) in [5.74, 6) is -1.77. The van der Waals surface area contributed by atoms with E-state index in [2.05, 4.69) is 15.8 Å². The van der Waals surface area contributed by atoms with E-state index >= 15 is 0 Å². The monoisotopic (exact) mass is 566 g/mol. The average molecular weight is 567 g/mol. The Morgan fingerprint density at radius 1 is 0.846 bits per heavy atom. The number of aromatic nitrogens is 2. The van der Waals surface area contributed by atoms with Gasteiger partial charge in [0.05, 0.1) is 24.8 Å². The summed E-state index contributed by atoms with van der Waals surface area (Å²) in [6.07, 6.45) is -0.0882. The summed E-state index contributed by atoms with van der Waals surface area (Å²) in [4.78, 5) is 52.7. The number of hydrogen-bond acceptors (Lipinski definition) is 6. The number of hydrogen-bond donors (Lipinski definition) is 2. The first-order valence-corrected chi connectivity index (χ1v) is 12.8. The lowest BCUT2D eigenvalue weighted by Crippen LogP contribution is -2.41. The first kappa shape index (κ1) is 27.8. The van der Waals surface area contributed by atoms with Crippen molar-refractivity contribution in [3.8, 4) is 0 Å². The number of carbonyl (C=O) groups excluding carboxylic acids is 3. The summed E-state index contributed by atoms with van der Waals surface area (Å²) in [6.45, 7) is 1.69. The average Bonchev–Trinajstić information content (AvgIpc) is 2.92. The summed E-state index contributed by atoms with van der Waals surface area (Å²) in [7, 11) is 0. The standard InChI is InChI=1S/C28H24Cl2N4O5/c1-2-39-28(38)26(31-23(35)15-17-7-11-19(29)12-8-17)25-21-5-3-4-6-22(21)27(37)34(33-25)32-24(36)16-18-9-13-20(30)14-10-18/h3-14,26H,2,15-16H2,1H3,(H,31,35)(H,32,36). The summed E-state index contributed by atoms with van der Waals surface area (Å²) >= 11 is 11.8. The zero-order chi connectivity index (χ0) is 27.9. The van der Waals surface area contributed by atoms with Gasteiger partial charge in [0.25, 0.3) is 5.56 Å². The van der Waals surface area contributed by atoms with Crippen LogP contribution in [-0.2, 0) is 32.0 Å². The largest absolute Gasteiger partial charge is 0.464 e. The molecule has 0 spiro atoms. The van der Waals surface area contributed by atoms with E-state index in [4.69, 9.17) is 27.9 Å². The summed E-state index contributed by atoms with van der Waals surface area (Å²) < 4.78 is 5.22. The van der Waals surface area contributed by atoms with E-state index in [1.807, 2.05) is 0 Å². The van der Waals surface area contributed by atoms with E-state index in [0.717, 1.165) is 4.79 Å². The first-order chi connectivity index (χ1) is 18.7. The Bertz CT molecular complexity index is 1570. The Kier molecular flexibility index (Phi) is 8.96. The molecule has 0 saturated heterocycles. The van der Waals surface area contributed by atoms with Gasteiger partial charge in [-0.2, -0.15) is 5.10 Å². The molecule has 1 heterocycles. The third kappa shape index (κ3) is 7.01. The molecule has 0 radical (unpaired) electrons. The number of nitrogens with zero attached hydrogens (tertiary/aromatic N) is 2. The van der Waals surface area contributed by atoms with E-state index in [0.29, 0.717) is 26.6 Å². The maximum Gasteiger partial charge on any atom is 0.335 e. The Hall–Kier alpha value is -4.21. The zero-order valence-corrected chi connectivity index (χ0v) is 22.3. The van der Waals surface area contributed by atoms with Crippen molar-refractivity contribution in [2.75, 3.05) is 12.0 Å². The highest BCUT2D eigenvalue weighted by atomic mass is 35.5. The second-order valence-corrected chi connectivity index (χ2v) is 9.41. The van der Waals surface area contributed by atoms with Crippen molar-refractivity contribution >= 4 is 51.8 Å². The Labute approximate surface area is 233 Å². The molecule has 0 bridgehead atoms. The van der Waals surface area contributed by atoms with Crippen molar-refractivity contribution in [3.05, 3.63) is 110 Å². The number of carbonyl (C=O) groups is 3. The molecular formula is C28H24Cl2N4O5. The van der Waals surface area contributed by atoms with Crippen molar-refractivity contribution in [3.63, 3.8) is 0 Å². The van der Waals surface area contributed by atoms with Crippen LogP contribution in [0, 0.1) is 0 Å². The second kappa shape index (κ2) is 12.6. The minimum absolute atomic E-state index is 0.0392. The van der Waals surface area contributed by atoms with Gasteiger partial charge in [0.1, 0.15) is 5.69 Å². The molecule has 0 aliphatic heterocycles. The molecule has 2 N–H and O–H groups in total. The van der Waals surface area contributed by atoms with Crippen LogP contribution in [0.5, 0.6) is 0 Å². The van der Waals surface area contributed by atoms with Crippen molar-refractivity contribution in [1.29, 1.82) is 0 Å². The highest BCUT2D eigenvalue weighted by molar-refractivity contribution is 6.30. The van der Waals surface area contributed by atoms with E-state index in [1.54, 1.807) is 79.7 Å². The summed E-state index contributed by atoms with van der Waals surface area (Å²) in [6, 6.07) is 18.5. The fraction of sp³-hybridized carbons (Fsp3) is 0.179. The second-order valence-electron chi connectivity index (χ2n) is 8.54. The minimum atomic E-state index is -1.35. The molecule has 4 rings (SSSR count). The molecule has 0 fully saturated rings. The SMILES string of the molecule is CCOC(=O)C(NC(=O)Cc1ccc(Cl)cc1)c1nn(NC(=O)Cc2ccc(Cl)cc2)c(=O)c2ccccc12. The van der Waals surface area contributed by atoms with Gasteiger partial charge >= 0.3 is 5.97 Å².